The van der Waals surface area contributed by atoms with Gasteiger partial charge in [0.1, 0.15) is 11.5 Å². The molecule has 0 spiro atoms. The topological polar surface area (TPSA) is 48.0 Å². The Labute approximate surface area is 192 Å². The van der Waals surface area contributed by atoms with Gasteiger partial charge in [-0.15, -0.1) is 0 Å². The number of carbonyl (C=O) groups excluding carboxylic acids is 1. The summed E-state index contributed by atoms with van der Waals surface area (Å²) < 4.78 is 16.6. The van der Waals surface area contributed by atoms with E-state index >= 15 is 0 Å². The first-order valence-corrected chi connectivity index (χ1v) is 11.5. The van der Waals surface area contributed by atoms with Crippen LogP contribution < -0.4 is 9.47 Å². The summed E-state index contributed by atoms with van der Waals surface area (Å²) in [7, 11) is 3.35. The predicted octanol–water partition coefficient (Wildman–Crippen LogP) is 5.43. The Hall–Kier alpha value is -2.53. The Balaban J connectivity index is 1.76. The number of benzene rings is 2. The third kappa shape index (κ3) is 6.49. The molecule has 0 bridgehead atoms. The molecule has 1 aliphatic rings. The van der Waals surface area contributed by atoms with Crippen molar-refractivity contribution in [3.05, 3.63) is 59.7 Å². The molecule has 1 fully saturated rings. The van der Waals surface area contributed by atoms with E-state index in [2.05, 4.69) is 26.0 Å². The quantitative estimate of drug-likeness (QED) is 0.523. The molecule has 5 heteroatoms. The summed E-state index contributed by atoms with van der Waals surface area (Å²) in [6.07, 6.45) is 2.98. The monoisotopic (exact) mass is 439 g/mol. The molecule has 2 atom stereocenters. The number of nitrogens with zero attached hydrogens (tertiary/aromatic N) is 1. The van der Waals surface area contributed by atoms with Gasteiger partial charge in [-0.1, -0.05) is 24.3 Å². The lowest BCUT2D eigenvalue weighted by atomic mass is 9.75. The van der Waals surface area contributed by atoms with Crippen molar-refractivity contribution < 1.29 is 19.0 Å². The Morgan fingerprint density at radius 2 is 1.66 bits per heavy atom. The second kappa shape index (κ2) is 10.9. The zero-order chi connectivity index (χ0) is 23.1. The van der Waals surface area contributed by atoms with Crippen LogP contribution in [0.3, 0.4) is 0 Å². The first-order chi connectivity index (χ1) is 15.3. The van der Waals surface area contributed by atoms with Gasteiger partial charge in [0.05, 0.1) is 19.8 Å². The van der Waals surface area contributed by atoms with Gasteiger partial charge < -0.3 is 19.1 Å². The zero-order valence-corrected chi connectivity index (χ0v) is 20.1. The van der Waals surface area contributed by atoms with Gasteiger partial charge in [0.15, 0.2) is 0 Å². The average Bonchev–Trinajstić information content (AvgIpc) is 2.78. The lowest BCUT2D eigenvalue weighted by Gasteiger charge is -2.40. The number of amides is 1. The standard InChI is InChI=1S/C27H37NO4/c1-20(29)28(19-21-6-10-24(30-4)11-7-21)16-14-26(22-8-12-25(31-5)13-9-22)23-15-17-32-27(2,3)18-23/h6-13,23,26H,14-19H2,1-5H3. The number of rotatable bonds is 9. The van der Waals surface area contributed by atoms with Crippen molar-refractivity contribution in [2.45, 2.75) is 58.1 Å². The molecule has 2 aromatic carbocycles. The molecule has 0 radical (unpaired) electrons. The molecule has 1 aliphatic heterocycles. The van der Waals surface area contributed by atoms with Crippen molar-refractivity contribution in [3.63, 3.8) is 0 Å². The van der Waals surface area contributed by atoms with Crippen molar-refractivity contribution in [3.8, 4) is 11.5 Å². The maximum absolute atomic E-state index is 12.4. The molecular formula is C27H37NO4. The van der Waals surface area contributed by atoms with Gasteiger partial charge >= 0.3 is 0 Å². The number of ether oxygens (including phenoxy) is 3. The molecule has 174 valence electrons. The lowest BCUT2D eigenvalue weighted by molar-refractivity contribution is -0.129. The smallest absolute Gasteiger partial charge is 0.219 e. The van der Waals surface area contributed by atoms with Gasteiger partial charge in [0, 0.05) is 26.6 Å². The van der Waals surface area contributed by atoms with Gasteiger partial charge in [0.2, 0.25) is 5.91 Å². The maximum atomic E-state index is 12.4. The average molecular weight is 440 g/mol. The minimum atomic E-state index is -0.114. The van der Waals surface area contributed by atoms with Crippen LogP contribution in [0.25, 0.3) is 0 Å². The summed E-state index contributed by atoms with van der Waals surface area (Å²) in [6.45, 7) is 8.12. The third-order valence-corrected chi connectivity index (χ3v) is 6.54. The molecule has 5 nitrogen and oxygen atoms in total. The lowest BCUT2D eigenvalue weighted by Crippen LogP contribution is -2.37. The minimum absolute atomic E-state index is 0.0987. The minimum Gasteiger partial charge on any atom is -0.497 e. The van der Waals surface area contributed by atoms with E-state index < -0.39 is 0 Å². The van der Waals surface area contributed by atoms with Crippen LogP contribution >= 0.6 is 0 Å². The molecule has 1 heterocycles. The molecule has 0 aromatic heterocycles. The van der Waals surface area contributed by atoms with Gasteiger partial charge in [-0.3, -0.25) is 4.79 Å². The summed E-state index contributed by atoms with van der Waals surface area (Å²) in [6, 6.07) is 16.4. The van der Waals surface area contributed by atoms with Crippen molar-refractivity contribution in [2.75, 3.05) is 27.4 Å². The molecule has 2 aromatic rings. The highest BCUT2D eigenvalue weighted by Crippen LogP contribution is 2.40. The molecule has 3 rings (SSSR count). The molecule has 0 saturated carbocycles. The molecule has 1 amide bonds. The van der Waals surface area contributed by atoms with Crippen LogP contribution in [-0.4, -0.2) is 43.8 Å². The Kier molecular flexibility index (Phi) is 8.19. The van der Waals surface area contributed by atoms with E-state index in [-0.39, 0.29) is 11.5 Å². The van der Waals surface area contributed by atoms with Crippen LogP contribution in [0.1, 0.15) is 57.1 Å². The van der Waals surface area contributed by atoms with Crippen molar-refractivity contribution >= 4 is 5.91 Å². The van der Waals surface area contributed by atoms with Crippen LogP contribution in [0.2, 0.25) is 0 Å². The van der Waals surface area contributed by atoms with E-state index in [0.29, 0.717) is 18.4 Å². The maximum Gasteiger partial charge on any atom is 0.219 e. The van der Waals surface area contributed by atoms with Crippen LogP contribution in [0.5, 0.6) is 11.5 Å². The SMILES string of the molecule is COc1ccc(CN(CCC(c2ccc(OC)cc2)C2CCOC(C)(C)C2)C(C)=O)cc1. The highest BCUT2D eigenvalue weighted by Gasteiger charge is 2.34. The van der Waals surface area contributed by atoms with Gasteiger partial charge in [-0.05, 0) is 80.3 Å². The number of hydrogen-bond donors (Lipinski definition) is 0. The van der Waals surface area contributed by atoms with E-state index in [0.717, 1.165) is 49.5 Å². The van der Waals surface area contributed by atoms with Gasteiger partial charge in [-0.2, -0.15) is 0 Å². The number of carbonyl (C=O) groups is 1. The summed E-state index contributed by atoms with van der Waals surface area (Å²) >= 11 is 0. The zero-order valence-electron chi connectivity index (χ0n) is 20.1. The molecule has 0 N–H and O–H groups in total. The van der Waals surface area contributed by atoms with Gasteiger partial charge in [0.25, 0.3) is 0 Å². The fourth-order valence-electron chi connectivity index (χ4n) is 4.74. The van der Waals surface area contributed by atoms with Crippen LogP contribution in [0, 0.1) is 5.92 Å². The Bertz CT molecular complexity index is 860. The third-order valence-electron chi connectivity index (χ3n) is 6.54. The highest BCUT2D eigenvalue weighted by molar-refractivity contribution is 5.73. The Morgan fingerprint density at radius 1 is 1.06 bits per heavy atom. The summed E-state index contributed by atoms with van der Waals surface area (Å²) in [5, 5.41) is 0. The van der Waals surface area contributed by atoms with Crippen LogP contribution in [-0.2, 0) is 16.1 Å². The molecule has 2 unspecified atom stereocenters. The van der Waals surface area contributed by atoms with Crippen molar-refractivity contribution in [2.24, 2.45) is 5.92 Å². The van der Waals surface area contributed by atoms with E-state index in [1.54, 1.807) is 21.1 Å². The largest absolute Gasteiger partial charge is 0.497 e. The summed E-state index contributed by atoms with van der Waals surface area (Å²) in [4.78, 5) is 14.4. The van der Waals surface area contributed by atoms with Crippen LogP contribution in [0.15, 0.2) is 48.5 Å². The first kappa shape index (κ1) is 24.1. The van der Waals surface area contributed by atoms with E-state index in [4.69, 9.17) is 14.2 Å². The second-order valence-electron chi connectivity index (χ2n) is 9.32. The van der Waals surface area contributed by atoms with Crippen molar-refractivity contribution in [1.82, 2.24) is 4.90 Å². The summed E-state index contributed by atoms with van der Waals surface area (Å²) in [5.74, 6) is 2.67. The molecule has 1 saturated heterocycles. The first-order valence-electron chi connectivity index (χ1n) is 11.5. The fourth-order valence-corrected chi connectivity index (χ4v) is 4.74. The highest BCUT2D eigenvalue weighted by atomic mass is 16.5. The normalized spacial score (nSPS) is 18.6. The molecule has 32 heavy (non-hydrogen) atoms. The van der Waals surface area contributed by atoms with E-state index in [1.165, 1.54) is 5.56 Å². The predicted molar refractivity (Wildman–Crippen MR) is 127 cm³/mol. The number of methoxy groups -OCH3 is 2. The fraction of sp³-hybridized carbons (Fsp3) is 0.519. The molecule has 0 aliphatic carbocycles. The molecular weight excluding hydrogens is 402 g/mol. The van der Waals surface area contributed by atoms with Gasteiger partial charge in [-0.25, -0.2) is 0 Å². The van der Waals surface area contributed by atoms with Crippen molar-refractivity contribution in [1.29, 1.82) is 0 Å². The summed E-state index contributed by atoms with van der Waals surface area (Å²) in [5.41, 5.74) is 2.30. The van der Waals surface area contributed by atoms with Crippen LogP contribution in [0.4, 0.5) is 0 Å². The van der Waals surface area contributed by atoms with E-state index in [1.807, 2.05) is 41.3 Å². The Morgan fingerprint density at radius 3 is 2.19 bits per heavy atom. The van der Waals surface area contributed by atoms with E-state index in [9.17, 15) is 4.79 Å². The number of hydrogen-bond acceptors (Lipinski definition) is 4. The second-order valence-corrected chi connectivity index (χ2v) is 9.32.